The Kier molecular flexibility index (Phi) is 3.98. The number of halogens is 3. The molecule has 0 amide bonds. The lowest BCUT2D eigenvalue weighted by Crippen LogP contribution is -2.01. The SMILES string of the molecule is Nc1cnc(COc2cc(F)c(Cl)cc2Br)cn1. The largest absolute Gasteiger partial charge is 0.486 e. The van der Waals surface area contributed by atoms with Crippen LogP contribution in [0.15, 0.2) is 29.0 Å². The van der Waals surface area contributed by atoms with Crippen molar-refractivity contribution in [1.82, 2.24) is 9.97 Å². The van der Waals surface area contributed by atoms with E-state index in [0.29, 0.717) is 21.7 Å². The Morgan fingerprint density at radius 3 is 2.78 bits per heavy atom. The van der Waals surface area contributed by atoms with E-state index in [9.17, 15) is 4.39 Å². The number of anilines is 1. The Morgan fingerprint density at radius 1 is 1.33 bits per heavy atom. The predicted molar refractivity (Wildman–Crippen MR) is 69.9 cm³/mol. The first-order valence-electron chi connectivity index (χ1n) is 4.90. The molecule has 0 radical (unpaired) electrons. The van der Waals surface area contributed by atoms with Crippen LogP contribution in [0.4, 0.5) is 10.2 Å². The fraction of sp³-hybridized carbons (Fsp3) is 0.0909. The number of nitrogen functional groups attached to an aromatic ring is 1. The first kappa shape index (κ1) is 13.0. The van der Waals surface area contributed by atoms with Gasteiger partial charge in [-0.25, -0.2) is 9.37 Å². The molecule has 18 heavy (non-hydrogen) atoms. The summed E-state index contributed by atoms with van der Waals surface area (Å²) in [6, 6.07) is 2.64. The van der Waals surface area contributed by atoms with Crippen LogP contribution >= 0.6 is 27.5 Å². The van der Waals surface area contributed by atoms with Crippen LogP contribution in [0, 0.1) is 5.82 Å². The summed E-state index contributed by atoms with van der Waals surface area (Å²) < 4.78 is 19.2. The van der Waals surface area contributed by atoms with Crippen molar-refractivity contribution in [3.05, 3.63) is 45.5 Å². The molecular formula is C11H8BrClFN3O. The van der Waals surface area contributed by atoms with Crippen molar-refractivity contribution in [2.75, 3.05) is 5.73 Å². The molecule has 0 aliphatic carbocycles. The molecule has 0 bridgehead atoms. The highest BCUT2D eigenvalue weighted by Crippen LogP contribution is 2.30. The quantitative estimate of drug-likeness (QED) is 0.877. The molecule has 4 nitrogen and oxygen atoms in total. The number of hydrogen-bond donors (Lipinski definition) is 1. The van der Waals surface area contributed by atoms with Gasteiger partial charge in [0.2, 0.25) is 0 Å². The molecule has 94 valence electrons. The molecule has 2 rings (SSSR count). The summed E-state index contributed by atoms with van der Waals surface area (Å²) in [6.45, 7) is 0.160. The van der Waals surface area contributed by atoms with Crippen LogP contribution in [-0.2, 0) is 6.61 Å². The fourth-order valence-electron chi connectivity index (χ4n) is 1.21. The molecule has 0 unspecified atom stereocenters. The molecule has 0 atom stereocenters. The molecule has 1 aromatic carbocycles. The van der Waals surface area contributed by atoms with Crippen molar-refractivity contribution in [3.63, 3.8) is 0 Å². The van der Waals surface area contributed by atoms with E-state index in [1.54, 1.807) is 0 Å². The van der Waals surface area contributed by atoms with Crippen LogP contribution in [0.2, 0.25) is 5.02 Å². The molecule has 2 aromatic rings. The van der Waals surface area contributed by atoms with E-state index in [4.69, 9.17) is 22.1 Å². The zero-order valence-electron chi connectivity index (χ0n) is 9.03. The van der Waals surface area contributed by atoms with Crippen molar-refractivity contribution in [2.45, 2.75) is 6.61 Å². The standard InChI is InChI=1S/C11H8BrClFN3O/c12-7-1-8(13)9(14)2-10(7)18-5-6-3-17-11(15)4-16-6/h1-4H,5H2,(H2,15,17). The van der Waals surface area contributed by atoms with Crippen molar-refractivity contribution >= 4 is 33.3 Å². The van der Waals surface area contributed by atoms with Crippen LogP contribution < -0.4 is 10.5 Å². The molecule has 1 heterocycles. The maximum atomic E-state index is 13.3. The zero-order chi connectivity index (χ0) is 13.1. The Hall–Kier alpha value is -1.40. The zero-order valence-corrected chi connectivity index (χ0v) is 11.4. The van der Waals surface area contributed by atoms with Crippen molar-refractivity contribution in [3.8, 4) is 5.75 Å². The van der Waals surface area contributed by atoms with Gasteiger partial charge in [0.05, 0.1) is 27.6 Å². The molecule has 1 aromatic heterocycles. The van der Waals surface area contributed by atoms with E-state index >= 15 is 0 Å². The average molecular weight is 333 g/mol. The van der Waals surface area contributed by atoms with Gasteiger partial charge in [-0.2, -0.15) is 0 Å². The maximum Gasteiger partial charge on any atom is 0.145 e. The van der Waals surface area contributed by atoms with Gasteiger partial charge in [0.25, 0.3) is 0 Å². The summed E-state index contributed by atoms with van der Waals surface area (Å²) in [5, 5.41) is 0.0292. The summed E-state index contributed by atoms with van der Waals surface area (Å²) in [4.78, 5) is 7.89. The summed E-state index contributed by atoms with van der Waals surface area (Å²) in [5.74, 6) is 0.131. The summed E-state index contributed by atoms with van der Waals surface area (Å²) in [5.41, 5.74) is 6.00. The van der Waals surface area contributed by atoms with Gasteiger partial charge in [0.1, 0.15) is 24.0 Å². The van der Waals surface area contributed by atoms with Gasteiger partial charge in [0, 0.05) is 6.07 Å². The normalized spacial score (nSPS) is 10.4. The number of aromatic nitrogens is 2. The third kappa shape index (κ3) is 3.08. The minimum absolute atomic E-state index is 0.0292. The van der Waals surface area contributed by atoms with Gasteiger partial charge < -0.3 is 10.5 Å². The lowest BCUT2D eigenvalue weighted by Gasteiger charge is -2.08. The first-order chi connectivity index (χ1) is 8.56. The van der Waals surface area contributed by atoms with Gasteiger partial charge in [-0.1, -0.05) is 11.6 Å². The van der Waals surface area contributed by atoms with E-state index in [1.165, 1.54) is 24.5 Å². The van der Waals surface area contributed by atoms with Gasteiger partial charge >= 0.3 is 0 Å². The molecule has 2 N–H and O–H groups in total. The molecule has 0 saturated heterocycles. The topological polar surface area (TPSA) is 61.0 Å². The summed E-state index contributed by atoms with van der Waals surface area (Å²) in [6.07, 6.45) is 2.92. The highest BCUT2D eigenvalue weighted by molar-refractivity contribution is 9.10. The molecule has 0 aliphatic heterocycles. The number of nitrogens with zero attached hydrogens (tertiary/aromatic N) is 2. The highest BCUT2D eigenvalue weighted by Gasteiger charge is 2.08. The van der Waals surface area contributed by atoms with Crippen molar-refractivity contribution < 1.29 is 9.13 Å². The monoisotopic (exact) mass is 331 g/mol. The lowest BCUT2D eigenvalue weighted by molar-refractivity contribution is 0.297. The van der Waals surface area contributed by atoms with E-state index < -0.39 is 5.82 Å². The fourth-order valence-corrected chi connectivity index (χ4v) is 1.96. The Morgan fingerprint density at radius 2 is 2.11 bits per heavy atom. The second kappa shape index (κ2) is 5.49. The molecule has 0 spiro atoms. The first-order valence-corrected chi connectivity index (χ1v) is 6.07. The summed E-state index contributed by atoms with van der Waals surface area (Å²) >= 11 is 8.86. The Bertz CT molecular complexity index is 565. The van der Waals surface area contributed by atoms with Crippen LogP contribution in [0.25, 0.3) is 0 Å². The molecule has 0 fully saturated rings. The average Bonchev–Trinajstić information content (AvgIpc) is 2.34. The number of benzene rings is 1. The predicted octanol–water partition coefficient (Wildman–Crippen LogP) is 3.19. The van der Waals surface area contributed by atoms with E-state index in [0.717, 1.165) is 0 Å². The number of hydrogen-bond acceptors (Lipinski definition) is 4. The Labute approximate surface area is 116 Å². The Balaban J connectivity index is 2.10. The van der Waals surface area contributed by atoms with E-state index in [1.807, 2.05) is 0 Å². The van der Waals surface area contributed by atoms with E-state index in [2.05, 4.69) is 25.9 Å². The minimum Gasteiger partial charge on any atom is -0.486 e. The number of ether oxygens (including phenoxy) is 1. The van der Waals surface area contributed by atoms with Crippen LogP contribution in [-0.4, -0.2) is 9.97 Å². The lowest BCUT2D eigenvalue weighted by atomic mass is 10.3. The molecule has 0 aliphatic rings. The van der Waals surface area contributed by atoms with Crippen LogP contribution in [0.1, 0.15) is 5.69 Å². The minimum atomic E-state index is -0.543. The van der Waals surface area contributed by atoms with Crippen LogP contribution in [0.3, 0.4) is 0 Å². The van der Waals surface area contributed by atoms with Crippen molar-refractivity contribution in [1.29, 1.82) is 0 Å². The van der Waals surface area contributed by atoms with Gasteiger partial charge in [-0.3, -0.25) is 4.98 Å². The highest BCUT2D eigenvalue weighted by atomic mass is 79.9. The second-order valence-corrected chi connectivity index (χ2v) is 4.68. The third-order valence-electron chi connectivity index (χ3n) is 2.08. The molecular weight excluding hydrogens is 324 g/mol. The summed E-state index contributed by atoms with van der Waals surface area (Å²) in [7, 11) is 0. The number of nitrogens with two attached hydrogens (primary N) is 1. The van der Waals surface area contributed by atoms with Gasteiger partial charge in [-0.05, 0) is 22.0 Å². The van der Waals surface area contributed by atoms with Crippen LogP contribution in [0.5, 0.6) is 5.75 Å². The third-order valence-corrected chi connectivity index (χ3v) is 2.99. The van der Waals surface area contributed by atoms with E-state index in [-0.39, 0.29) is 11.6 Å². The number of rotatable bonds is 3. The maximum absolute atomic E-state index is 13.3. The van der Waals surface area contributed by atoms with Crippen molar-refractivity contribution in [2.24, 2.45) is 0 Å². The van der Waals surface area contributed by atoms with Gasteiger partial charge in [0.15, 0.2) is 0 Å². The van der Waals surface area contributed by atoms with Gasteiger partial charge in [-0.15, -0.1) is 0 Å². The smallest absolute Gasteiger partial charge is 0.145 e. The molecule has 7 heteroatoms. The second-order valence-electron chi connectivity index (χ2n) is 3.42. The molecule has 0 saturated carbocycles.